The van der Waals surface area contributed by atoms with Crippen LogP contribution in [0.25, 0.3) is 0 Å². The van der Waals surface area contributed by atoms with E-state index in [1.54, 1.807) is 16.1 Å². The van der Waals surface area contributed by atoms with Crippen LogP contribution in [0.3, 0.4) is 0 Å². The van der Waals surface area contributed by atoms with Gasteiger partial charge in [-0.3, -0.25) is 4.99 Å². The van der Waals surface area contributed by atoms with Crippen molar-refractivity contribution in [2.45, 2.75) is 13.8 Å². The maximum Gasteiger partial charge on any atom is 0.215 e. The van der Waals surface area contributed by atoms with Crippen molar-refractivity contribution < 1.29 is 8.42 Å². The largest absolute Gasteiger partial charge is 0.370 e. The SMILES string of the molecule is Cc1cc(C)cc(NC(N)=NCCS(=O)(=O)N2CCSCC2)c1. The molecule has 1 aromatic rings. The number of aryl methyl sites for hydroxylation is 2. The minimum absolute atomic E-state index is 0.00705. The van der Waals surface area contributed by atoms with Gasteiger partial charge in [0.05, 0.1) is 12.3 Å². The minimum Gasteiger partial charge on any atom is -0.370 e. The molecular formula is C15H24N4O2S2. The lowest BCUT2D eigenvalue weighted by Gasteiger charge is -2.25. The Labute approximate surface area is 142 Å². The van der Waals surface area contributed by atoms with Gasteiger partial charge in [-0.05, 0) is 37.1 Å². The fraction of sp³-hybridized carbons (Fsp3) is 0.533. The molecule has 0 bridgehead atoms. The van der Waals surface area contributed by atoms with E-state index in [1.165, 1.54) is 0 Å². The highest BCUT2D eigenvalue weighted by atomic mass is 32.2. The summed E-state index contributed by atoms with van der Waals surface area (Å²) in [4.78, 5) is 4.13. The van der Waals surface area contributed by atoms with Gasteiger partial charge < -0.3 is 11.1 Å². The molecule has 0 amide bonds. The van der Waals surface area contributed by atoms with Crippen LogP contribution in [0.4, 0.5) is 5.69 Å². The number of nitrogens with two attached hydrogens (primary N) is 1. The molecule has 0 unspecified atom stereocenters. The maximum atomic E-state index is 12.2. The molecule has 1 heterocycles. The van der Waals surface area contributed by atoms with Crippen molar-refractivity contribution in [3.8, 4) is 0 Å². The number of hydrogen-bond donors (Lipinski definition) is 2. The standard InChI is InChI=1S/C15H24N4O2S2/c1-12-9-13(2)11-14(10-12)18-15(16)17-3-8-23(20,21)19-4-6-22-7-5-19/h9-11H,3-8H2,1-2H3,(H3,16,17,18). The van der Waals surface area contributed by atoms with Crippen molar-refractivity contribution in [1.29, 1.82) is 0 Å². The number of rotatable bonds is 5. The summed E-state index contributed by atoms with van der Waals surface area (Å²) in [5.41, 5.74) is 8.96. The molecule has 0 spiro atoms. The average molecular weight is 357 g/mol. The Balaban J connectivity index is 1.89. The molecule has 1 aliphatic rings. The van der Waals surface area contributed by atoms with E-state index >= 15 is 0 Å². The van der Waals surface area contributed by atoms with Crippen LogP contribution in [0.1, 0.15) is 11.1 Å². The summed E-state index contributed by atoms with van der Waals surface area (Å²) < 4.78 is 25.9. The van der Waals surface area contributed by atoms with Crippen LogP contribution >= 0.6 is 11.8 Å². The number of thioether (sulfide) groups is 1. The first-order valence-electron chi connectivity index (χ1n) is 7.57. The van der Waals surface area contributed by atoms with E-state index in [1.807, 2.05) is 26.0 Å². The third kappa shape index (κ3) is 5.71. The second-order valence-corrected chi connectivity index (χ2v) is 8.91. The zero-order chi connectivity index (χ0) is 16.9. The van der Waals surface area contributed by atoms with Crippen LogP contribution in [0.2, 0.25) is 0 Å². The maximum absolute atomic E-state index is 12.2. The molecule has 1 saturated heterocycles. The molecule has 0 radical (unpaired) electrons. The molecule has 3 N–H and O–H groups in total. The van der Waals surface area contributed by atoms with Crippen LogP contribution in [-0.4, -0.2) is 55.6 Å². The van der Waals surface area contributed by atoms with Gasteiger partial charge in [-0.1, -0.05) is 6.07 Å². The zero-order valence-electron chi connectivity index (χ0n) is 13.6. The lowest BCUT2D eigenvalue weighted by atomic mass is 10.1. The third-order valence-corrected chi connectivity index (χ3v) is 6.28. The number of aliphatic imine (C=N–C) groups is 1. The van der Waals surface area contributed by atoms with Crippen molar-refractivity contribution in [2.24, 2.45) is 10.7 Å². The summed E-state index contributed by atoms with van der Waals surface area (Å²) in [5, 5.41) is 3.01. The molecule has 0 saturated carbocycles. The molecule has 0 atom stereocenters. The van der Waals surface area contributed by atoms with Gasteiger partial charge in [0.15, 0.2) is 5.96 Å². The van der Waals surface area contributed by atoms with Crippen LogP contribution < -0.4 is 11.1 Å². The van der Waals surface area contributed by atoms with E-state index in [9.17, 15) is 8.42 Å². The molecule has 0 aromatic heterocycles. The Morgan fingerprint density at radius 1 is 1.26 bits per heavy atom. The van der Waals surface area contributed by atoms with E-state index in [2.05, 4.69) is 16.4 Å². The Hall–Kier alpha value is -1.25. The first-order chi connectivity index (χ1) is 10.9. The lowest BCUT2D eigenvalue weighted by Crippen LogP contribution is -2.40. The molecule has 8 heteroatoms. The van der Waals surface area contributed by atoms with Crippen molar-refractivity contribution in [2.75, 3.05) is 42.2 Å². The van der Waals surface area contributed by atoms with Gasteiger partial charge in [-0.15, -0.1) is 0 Å². The number of benzene rings is 1. The Bertz CT molecular complexity index is 648. The van der Waals surface area contributed by atoms with Crippen molar-refractivity contribution in [3.63, 3.8) is 0 Å². The predicted molar refractivity (Wildman–Crippen MR) is 98.7 cm³/mol. The average Bonchev–Trinajstić information content (AvgIpc) is 2.46. The number of nitrogens with zero attached hydrogens (tertiary/aromatic N) is 2. The lowest BCUT2D eigenvalue weighted by molar-refractivity contribution is 0.444. The van der Waals surface area contributed by atoms with Crippen LogP contribution in [0.5, 0.6) is 0 Å². The summed E-state index contributed by atoms with van der Waals surface area (Å²) in [6.07, 6.45) is 0. The summed E-state index contributed by atoms with van der Waals surface area (Å²) in [6.45, 7) is 5.36. The predicted octanol–water partition coefficient (Wildman–Crippen LogP) is 1.41. The van der Waals surface area contributed by atoms with E-state index in [0.717, 1.165) is 28.3 Å². The van der Waals surface area contributed by atoms with E-state index in [4.69, 9.17) is 5.73 Å². The summed E-state index contributed by atoms with van der Waals surface area (Å²) in [7, 11) is -3.24. The summed E-state index contributed by atoms with van der Waals surface area (Å²) in [5.74, 6) is 1.95. The highest BCUT2D eigenvalue weighted by molar-refractivity contribution is 7.99. The molecule has 2 rings (SSSR count). The topological polar surface area (TPSA) is 87.8 Å². The molecule has 6 nitrogen and oxygen atoms in total. The summed E-state index contributed by atoms with van der Waals surface area (Å²) in [6, 6.07) is 6.01. The smallest absolute Gasteiger partial charge is 0.215 e. The molecule has 1 aliphatic heterocycles. The third-order valence-electron chi connectivity index (χ3n) is 3.49. The highest BCUT2D eigenvalue weighted by Crippen LogP contribution is 2.14. The molecule has 128 valence electrons. The molecule has 23 heavy (non-hydrogen) atoms. The van der Waals surface area contributed by atoms with Gasteiger partial charge in [0.1, 0.15) is 0 Å². The van der Waals surface area contributed by atoms with Crippen LogP contribution in [0, 0.1) is 13.8 Å². The van der Waals surface area contributed by atoms with Gasteiger partial charge >= 0.3 is 0 Å². The number of hydrogen-bond acceptors (Lipinski definition) is 4. The van der Waals surface area contributed by atoms with E-state index in [-0.39, 0.29) is 18.3 Å². The van der Waals surface area contributed by atoms with Gasteiger partial charge in [0.2, 0.25) is 10.0 Å². The molecule has 1 aromatic carbocycles. The summed E-state index contributed by atoms with van der Waals surface area (Å²) >= 11 is 1.78. The monoisotopic (exact) mass is 356 g/mol. The van der Waals surface area contributed by atoms with Crippen LogP contribution in [0.15, 0.2) is 23.2 Å². The quantitative estimate of drug-likeness (QED) is 0.615. The zero-order valence-corrected chi connectivity index (χ0v) is 15.2. The number of nitrogens with one attached hydrogen (secondary N) is 1. The Morgan fingerprint density at radius 3 is 2.48 bits per heavy atom. The van der Waals surface area contributed by atoms with Gasteiger partial charge in [0.25, 0.3) is 0 Å². The van der Waals surface area contributed by atoms with Crippen molar-refractivity contribution >= 4 is 33.4 Å². The number of sulfonamides is 1. The van der Waals surface area contributed by atoms with E-state index in [0.29, 0.717) is 13.1 Å². The molecule has 0 aliphatic carbocycles. The molecule has 1 fully saturated rings. The minimum atomic E-state index is -3.24. The fourth-order valence-electron chi connectivity index (χ4n) is 2.47. The van der Waals surface area contributed by atoms with Gasteiger partial charge in [-0.2, -0.15) is 11.8 Å². The Kier molecular flexibility index (Phi) is 6.32. The first-order valence-corrected chi connectivity index (χ1v) is 10.3. The number of anilines is 1. The van der Waals surface area contributed by atoms with Crippen molar-refractivity contribution in [3.05, 3.63) is 29.3 Å². The molecular weight excluding hydrogens is 332 g/mol. The first kappa shape index (κ1) is 18.1. The highest BCUT2D eigenvalue weighted by Gasteiger charge is 2.23. The second kappa shape index (κ2) is 8.03. The number of guanidine groups is 1. The van der Waals surface area contributed by atoms with E-state index < -0.39 is 10.0 Å². The Morgan fingerprint density at radius 2 is 1.87 bits per heavy atom. The second-order valence-electron chi connectivity index (χ2n) is 5.60. The normalized spacial score (nSPS) is 17.2. The van der Waals surface area contributed by atoms with Gasteiger partial charge in [-0.25, -0.2) is 12.7 Å². The van der Waals surface area contributed by atoms with Gasteiger partial charge in [0, 0.05) is 30.3 Å². The van der Waals surface area contributed by atoms with Crippen molar-refractivity contribution in [1.82, 2.24) is 4.31 Å². The fourth-order valence-corrected chi connectivity index (χ4v) is 4.92. The van der Waals surface area contributed by atoms with Crippen LogP contribution in [-0.2, 0) is 10.0 Å².